The van der Waals surface area contributed by atoms with E-state index in [1.165, 1.54) is 7.11 Å². The first-order valence-electron chi connectivity index (χ1n) is 4.20. The Morgan fingerprint density at radius 1 is 1.33 bits per heavy atom. The largest absolute Gasteiger partial charge is 0.468 e. The van der Waals surface area contributed by atoms with Crippen molar-refractivity contribution in [1.82, 2.24) is 9.80 Å². The van der Waals surface area contributed by atoms with Gasteiger partial charge < -0.3 is 9.64 Å². The lowest BCUT2D eigenvalue weighted by Crippen LogP contribution is -2.46. The second-order valence-electron chi connectivity index (χ2n) is 3.16. The molecule has 0 radical (unpaired) electrons. The molecule has 0 aromatic carbocycles. The van der Waals surface area contributed by atoms with E-state index in [0.717, 1.165) is 26.2 Å². The zero-order valence-electron chi connectivity index (χ0n) is 7.75. The van der Waals surface area contributed by atoms with Crippen LogP contribution in [0.25, 0.3) is 0 Å². The average molecular weight is 172 g/mol. The van der Waals surface area contributed by atoms with Gasteiger partial charge in [0.05, 0.1) is 13.7 Å². The van der Waals surface area contributed by atoms with E-state index in [4.69, 9.17) is 0 Å². The molecule has 0 aromatic heterocycles. The fourth-order valence-corrected chi connectivity index (χ4v) is 1.25. The summed E-state index contributed by atoms with van der Waals surface area (Å²) in [5.74, 6) is -0.139. The van der Waals surface area contributed by atoms with E-state index in [2.05, 4.69) is 21.6 Å². The summed E-state index contributed by atoms with van der Waals surface area (Å²) in [6, 6.07) is 0. The van der Waals surface area contributed by atoms with Gasteiger partial charge in [-0.2, -0.15) is 0 Å². The summed E-state index contributed by atoms with van der Waals surface area (Å²) in [4.78, 5) is 15.3. The molecule has 0 N–H and O–H groups in total. The third-order valence-corrected chi connectivity index (χ3v) is 2.18. The van der Waals surface area contributed by atoms with Crippen LogP contribution in [-0.2, 0) is 9.53 Å². The zero-order valence-corrected chi connectivity index (χ0v) is 7.75. The molecule has 1 rings (SSSR count). The van der Waals surface area contributed by atoms with E-state index in [1.54, 1.807) is 0 Å². The summed E-state index contributed by atoms with van der Waals surface area (Å²) >= 11 is 0. The molecule has 70 valence electrons. The molecule has 0 aromatic rings. The van der Waals surface area contributed by atoms with Crippen molar-refractivity contribution in [2.24, 2.45) is 0 Å². The lowest BCUT2D eigenvalue weighted by atomic mass is 10.3. The van der Waals surface area contributed by atoms with Crippen LogP contribution in [0.3, 0.4) is 0 Å². The van der Waals surface area contributed by atoms with Crippen molar-refractivity contribution < 1.29 is 9.53 Å². The highest BCUT2D eigenvalue weighted by atomic mass is 16.5. The van der Waals surface area contributed by atoms with E-state index in [0.29, 0.717) is 6.54 Å². The molecule has 0 unspecified atom stereocenters. The molecule has 1 fully saturated rings. The number of esters is 1. The van der Waals surface area contributed by atoms with Crippen molar-refractivity contribution in [2.75, 3.05) is 46.9 Å². The number of methoxy groups -OCH3 is 1. The molecule has 0 bridgehead atoms. The van der Waals surface area contributed by atoms with Gasteiger partial charge in [0.2, 0.25) is 0 Å². The Morgan fingerprint density at radius 2 is 1.92 bits per heavy atom. The molecule has 0 spiro atoms. The van der Waals surface area contributed by atoms with E-state index in [-0.39, 0.29) is 5.97 Å². The van der Waals surface area contributed by atoms with Crippen molar-refractivity contribution in [3.8, 4) is 0 Å². The first-order chi connectivity index (χ1) is 5.72. The van der Waals surface area contributed by atoms with Crippen LogP contribution in [0.1, 0.15) is 0 Å². The summed E-state index contributed by atoms with van der Waals surface area (Å²) in [6.07, 6.45) is 0. The van der Waals surface area contributed by atoms with E-state index >= 15 is 0 Å². The van der Waals surface area contributed by atoms with Crippen LogP contribution in [0.2, 0.25) is 0 Å². The fourth-order valence-electron chi connectivity index (χ4n) is 1.25. The molecule has 0 saturated carbocycles. The summed E-state index contributed by atoms with van der Waals surface area (Å²) < 4.78 is 4.59. The number of hydrogen-bond acceptors (Lipinski definition) is 4. The number of piperazine rings is 1. The van der Waals surface area contributed by atoms with E-state index in [1.807, 2.05) is 0 Å². The quantitative estimate of drug-likeness (QED) is 0.521. The van der Waals surface area contributed by atoms with Gasteiger partial charge >= 0.3 is 5.97 Å². The number of likely N-dealkylation sites (N-methyl/N-ethyl adjacent to an activating group) is 1. The highest BCUT2D eigenvalue weighted by Crippen LogP contribution is 1.98. The molecule has 12 heavy (non-hydrogen) atoms. The molecular weight excluding hydrogens is 156 g/mol. The van der Waals surface area contributed by atoms with Crippen LogP contribution < -0.4 is 0 Å². The second-order valence-corrected chi connectivity index (χ2v) is 3.16. The van der Waals surface area contributed by atoms with Gasteiger partial charge in [0.1, 0.15) is 0 Å². The lowest BCUT2D eigenvalue weighted by molar-refractivity contribution is -0.142. The highest BCUT2D eigenvalue weighted by molar-refractivity contribution is 5.71. The van der Waals surface area contributed by atoms with Crippen LogP contribution in [0.5, 0.6) is 0 Å². The van der Waals surface area contributed by atoms with Crippen LogP contribution in [0.15, 0.2) is 0 Å². The molecular formula is C8H16N2O2. The Kier molecular flexibility index (Phi) is 3.49. The topological polar surface area (TPSA) is 32.8 Å². The molecule has 1 aliphatic rings. The fraction of sp³-hybridized carbons (Fsp3) is 0.875. The van der Waals surface area contributed by atoms with Gasteiger partial charge in [-0.3, -0.25) is 9.69 Å². The number of ether oxygens (including phenoxy) is 1. The number of carbonyl (C=O) groups is 1. The van der Waals surface area contributed by atoms with Crippen LogP contribution in [-0.4, -0.2) is 62.7 Å². The molecule has 4 heteroatoms. The Bertz CT molecular complexity index is 153. The number of rotatable bonds is 2. The molecule has 0 aliphatic carbocycles. The van der Waals surface area contributed by atoms with Gasteiger partial charge in [-0.25, -0.2) is 0 Å². The van der Waals surface area contributed by atoms with E-state index < -0.39 is 0 Å². The minimum absolute atomic E-state index is 0.139. The SMILES string of the molecule is COC(=O)CN1CCN(C)CC1. The predicted molar refractivity (Wildman–Crippen MR) is 46.0 cm³/mol. The highest BCUT2D eigenvalue weighted by Gasteiger charge is 2.16. The summed E-state index contributed by atoms with van der Waals surface area (Å²) in [5.41, 5.74) is 0. The normalized spacial score (nSPS) is 20.8. The second kappa shape index (κ2) is 4.42. The van der Waals surface area contributed by atoms with Gasteiger partial charge in [0.15, 0.2) is 0 Å². The maximum absolute atomic E-state index is 10.9. The first kappa shape index (κ1) is 9.48. The standard InChI is InChI=1S/C8H16N2O2/c1-9-3-5-10(6-4-9)7-8(11)12-2/h3-7H2,1-2H3. The number of hydrogen-bond donors (Lipinski definition) is 0. The minimum Gasteiger partial charge on any atom is -0.468 e. The maximum atomic E-state index is 10.9. The molecule has 0 amide bonds. The molecule has 1 saturated heterocycles. The Balaban J connectivity index is 2.21. The van der Waals surface area contributed by atoms with E-state index in [9.17, 15) is 4.79 Å². The van der Waals surface area contributed by atoms with Crippen LogP contribution in [0.4, 0.5) is 0 Å². The van der Waals surface area contributed by atoms with Gasteiger partial charge in [-0.05, 0) is 7.05 Å². The molecule has 0 atom stereocenters. The van der Waals surface area contributed by atoms with Crippen molar-refractivity contribution in [1.29, 1.82) is 0 Å². The van der Waals surface area contributed by atoms with Gasteiger partial charge in [-0.1, -0.05) is 0 Å². The number of carbonyl (C=O) groups excluding carboxylic acids is 1. The van der Waals surface area contributed by atoms with Crippen LogP contribution in [0, 0.1) is 0 Å². The van der Waals surface area contributed by atoms with Crippen molar-refractivity contribution >= 4 is 5.97 Å². The van der Waals surface area contributed by atoms with Gasteiger partial charge in [-0.15, -0.1) is 0 Å². The van der Waals surface area contributed by atoms with Crippen molar-refractivity contribution in [3.63, 3.8) is 0 Å². The third kappa shape index (κ3) is 2.79. The Morgan fingerprint density at radius 3 is 2.42 bits per heavy atom. The van der Waals surface area contributed by atoms with Crippen LogP contribution >= 0.6 is 0 Å². The summed E-state index contributed by atoms with van der Waals surface area (Å²) in [7, 11) is 3.52. The predicted octanol–water partition coefficient (Wildman–Crippen LogP) is -0.593. The first-order valence-corrected chi connectivity index (χ1v) is 4.20. The van der Waals surface area contributed by atoms with Crippen molar-refractivity contribution in [2.45, 2.75) is 0 Å². The summed E-state index contributed by atoms with van der Waals surface area (Å²) in [5, 5.41) is 0. The Labute approximate surface area is 73.1 Å². The molecule has 1 aliphatic heterocycles. The smallest absolute Gasteiger partial charge is 0.319 e. The average Bonchev–Trinajstić information content (AvgIpc) is 2.09. The van der Waals surface area contributed by atoms with Crippen molar-refractivity contribution in [3.05, 3.63) is 0 Å². The monoisotopic (exact) mass is 172 g/mol. The lowest BCUT2D eigenvalue weighted by Gasteiger charge is -2.31. The summed E-state index contributed by atoms with van der Waals surface area (Å²) in [6.45, 7) is 4.44. The minimum atomic E-state index is -0.139. The zero-order chi connectivity index (χ0) is 8.97. The molecule has 1 heterocycles. The maximum Gasteiger partial charge on any atom is 0.319 e. The Hall–Kier alpha value is -0.610. The van der Waals surface area contributed by atoms with Gasteiger partial charge in [0.25, 0.3) is 0 Å². The number of nitrogens with zero attached hydrogens (tertiary/aromatic N) is 2. The van der Waals surface area contributed by atoms with Gasteiger partial charge in [0, 0.05) is 26.2 Å². The molecule has 4 nitrogen and oxygen atoms in total. The third-order valence-electron chi connectivity index (χ3n) is 2.18.